The Bertz CT molecular complexity index is 550. The van der Waals surface area contributed by atoms with Crippen LogP contribution in [0.25, 0.3) is 0 Å². The maximum atomic E-state index is 12.0. The van der Waals surface area contributed by atoms with Crippen molar-refractivity contribution in [2.45, 2.75) is 25.2 Å². The summed E-state index contributed by atoms with van der Waals surface area (Å²) in [6, 6.07) is 10.4. The van der Waals surface area contributed by atoms with Crippen molar-refractivity contribution in [1.82, 2.24) is 15.3 Å². The van der Waals surface area contributed by atoms with E-state index in [9.17, 15) is 4.79 Å². The Kier molecular flexibility index (Phi) is 3.81. The van der Waals surface area contributed by atoms with E-state index in [0.29, 0.717) is 5.92 Å². The Balaban J connectivity index is 1.36. The molecule has 2 N–H and O–H groups in total. The fraction of sp³-hybridized carbons (Fsp3) is 0.375. The maximum absolute atomic E-state index is 12.0. The number of aromatic amines is 1. The number of hydrogen-bond acceptors (Lipinski definition) is 2. The lowest BCUT2D eigenvalue weighted by molar-refractivity contribution is -0.122. The van der Waals surface area contributed by atoms with Crippen molar-refractivity contribution >= 4 is 5.91 Å². The van der Waals surface area contributed by atoms with E-state index in [1.165, 1.54) is 5.56 Å². The Labute approximate surface area is 118 Å². The summed E-state index contributed by atoms with van der Waals surface area (Å²) in [7, 11) is 0. The average molecular weight is 269 g/mol. The lowest BCUT2D eigenvalue weighted by Gasteiger charge is -2.04. The molecule has 0 saturated heterocycles. The molecular weight excluding hydrogens is 250 g/mol. The predicted octanol–water partition coefficient (Wildman–Crippen LogP) is 2.26. The fourth-order valence-corrected chi connectivity index (χ4v) is 2.57. The molecule has 1 saturated carbocycles. The second-order valence-corrected chi connectivity index (χ2v) is 5.32. The van der Waals surface area contributed by atoms with Crippen LogP contribution >= 0.6 is 0 Å². The third-order valence-corrected chi connectivity index (χ3v) is 3.81. The van der Waals surface area contributed by atoms with Gasteiger partial charge in [-0.3, -0.25) is 4.79 Å². The molecule has 0 spiro atoms. The quantitative estimate of drug-likeness (QED) is 0.790. The minimum atomic E-state index is 0.120. The topological polar surface area (TPSA) is 57.8 Å². The van der Waals surface area contributed by atoms with Gasteiger partial charge < -0.3 is 10.3 Å². The molecule has 1 aromatic heterocycles. The smallest absolute Gasteiger partial charge is 0.223 e. The number of nitrogens with one attached hydrogen (secondary N) is 2. The molecule has 2 atom stereocenters. The van der Waals surface area contributed by atoms with Crippen LogP contribution in [0.4, 0.5) is 0 Å². The van der Waals surface area contributed by atoms with Crippen LogP contribution < -0.4 is 5.32 Å². The van der Waals surface area contributed by atoms with Gasteiger partial charge in [0.25, 0.3) is 0 Å². The van der Waals surface area contributed by atoms with Gasteiger partial charge >= 0.3 is 0 Å². The molecule has 1 fully saturated rings. The molecule has 0 unspecified atom stereocenters. The van der Waals surface area contributed by atoms with Crippen molar-refractivity contribution < 1.29 is 4.79 Å². The zero-order valence-corrected chi connectivity index (χ0v) is 11.4. The summed E-state index contributed by atoms with van der Waals surface area (Å²) in [5.41, 5.74) is 2.33. The van der Waals surface area contributed by atoms with Crippen molar-refractivity contribution in [3.63, 3.8) is 0 Å². The van der Waals surface area contributed by atoms with E-state index in [-0.39, 0.29) is 11.8 Å². The first-order chi connectivity index (χ1) is 9.84. The highest BCUT2D eigenvalue weighted by Crippen LogP contribution is 2.46. The number of benzene rings is 1. The molecule has 0 bridgehead atoms. The first-order valence-corrected chi connectivity index (χ1v) is 7.15. The standard InChI is InChI=1S/C16H19N3O/c20-16(14-9-13(14)15-10-17-11-19-15)18-8-4-7-12-5-2-1-3-6-12/h1-3,5-6,10-11,13-14H,4,7-9H2,(H,17,19)(H,18,20)/t13-,14-/m0/s1. The molecule has 0 radical (unpaired) electrons. The van der Waals surface area contributed by atoms with Gasteiger partial charge in [-0.1, -0.05) is 30.3 Å². The average Bonchev–Trinajstić information content (AvgIpc) is 3.10. The van der Waals surface area contributed by atoms with Crippen molar-refractivity contribution in [3.05, 3.63) is 54.1 Å². The molecule has 104 valence electrons. The summed E-state index contributed by atoms with van der Waals surface area (Å²) in [6.07, 6.45) is 6.47. The molecule has 1 aromatic carbocycles. The van der Waals surface area contributed by atoms with E-state index in [1.54, 1.807) is 6.33 Å². The number of hydrogen-bond donors (Lipinski definition) is 2. The summed E-state index contributed by atoms with van der Waals surface area (Å²) in [4.78, 5) is 19.1. The van der Waals surface area contributed by atoms with E-state index in [1.807, 2.05) is 24.4 Å². The van der Waals surface area contributed by atoms with Crippen LogP contribution in [0.1, 0.15) is 30.0 Å². The zero-order chi connectivity index (χ0) is 13.8. The zero-order valence-electron chi connectivity index (χ0n) is 11.4. The van der Waals surface area contributed by atoms with Gasteiger partial charge in [-0.25, -0.2) is 4.98 Å². The van der Waals surface area contributed by atoms with Crippen molar-refractivity contribution in [2.24, 2.45) is 5.92 Å². The second-order valence-electron chi connectivity index (χ2n) is 5.32. The lowest BCUT2D eigenvalue weighted by atomic mass is 10.1. The van der Waals surface area contributed by atoms with Gasteiger partial charge in [-0.2, -0.15) is 0 Å². The van der Waals surface area contributed by atoms with Crippen LogP contribution in [0.2, 0.25) is 0 Å². The van der Waals surface area contributed by atoms with Gasteiger partial charge in [-0.05, 0) is 24.8 Å². The Morgan fingerprint density at radius 2 is 2.20 bits per heavy atom. The molecule has 20 heavy (non-hydrogen) atoms. The van der Waals surface area contributed by atoms with Gasteiger partial charge in [0.2, 0.25) is 5.91 Å². The number of imidazole rings is 1. The van der Waals surface area contributed by atoms with Crippen molar-refractivity contribution in [1.29, 1.82) is 0 Å². The lowest BCUT2D eigenvalue weighted by Crippen LogP contribution is -2.26. The molecule has 3 rings (SSSR count). The van der Waals surface area contributed by atoms with E-state index in [0.717, 1.165) is 31.5 Å². The van der Waals surface area contributed by atoms with Crippen LogP contribution in [0, 0.1) is 5.92 Å². The van der Waals surface area contributed by atoms with E-state index >= 15 is 0 Å². The van der Waals surface area contributed by atoms with Crippen LogP contribution in [-0.4, -0.2) is 22.4 Å². The molecule has 1 amide bonds. The Morgan fingerprint density at radius 1 is 1.35 bits per heavy atom. The molecule has 4 heteroatoms. The van der Waals surface area contributed by atoms with E-state index in [4.69, 9.17) is 0 Å². The number of aromatic nitrogens is 2. The number of carbonyl (C=O) groups is 1. The SMILES string of the molecule is O=C(NCCCc1ccccc1)[C@H]1C[C@@H]1c1c[nH]cn1. The minimum Gasteiger partial charge on any atom is -0.356 e. The molecule has 4 nitrogen and oxygen atoms in total. The third-order valence-electron chi connectivity index (χ3n) is 3.81. The van der Waals surface area contributed by atoms with Gasteiger partial charge in [0.05, 0.1) is 12.0 Å². The highest BCUT2D eigenvalue weighted by Gasteiger charge is 2.44. The summed E-state index contributed by atoms with van der Waals surface area (Å²) in [5, 5.41) is 3.03. The highest BCUT2D eigenvalue weighted by atomic mass is 16.2. The highest BCUT2D eigenvalue weighted by molar-refractivity contribution is 5.82. The summed E-state index contributed by atoms with van der Waals surface area (Å²) < 4.78 is 0. The largest absolute Gasteiger partial charge is 0.356 e. The first-order valence-electron chi connectivity index (χ1n) is 7.15. The minimum absolute atomic E-state index is 0.120. The fourth-order valence-electron chi connectivity index (χ4n) is 2.57. The number of amides is 1. The molecule has 0 aliphatic heterocycles. The van der Waals surface area contributed by atoms with Crippen LogP contribution in [0.15, 0.2) is 42.9 Å². The number of nitrogens with zero attached hydrogens (tertiary/aromatic N) is 1. The maximum Gasteiger partial charge on any atom is 0.223 e. The van der Waals surface area contributed by atoms with Crippen LogP contribution in [0.3, 0.4) is 0 Å². The van der Waals surface area contributed by atoms with Crippen molar-refractivity contribution in [2.75, 3.05) is 6.54 Å². The normalized spacial score (nSPS) is 20.6. The van der Waals surface area contributed by atoms with Crippen LogP contribution in [0.5, 0.6) is 0 Å². The number of H-pyrrole nitrogens is 1. The van der Waals surface area contributed by atoms with Gasteiger partial charge in [0, 0.05) is 24.6 Å². The number of rotatable bonds is 6. The van der Waals surface area contributed by atoms with E-state index < -0.39 is 0 Å². The van der Waals surface area contributed by atoms with Gasteiger partial charge in [0.15, 0.2) is 0 Å². The molecular formula is C16H19N3O. The second kappa shape index (κ2) is 5.90. The van der Waals surface area contributed by atoms with E-state index in [2.05, 4.69) is 27.4 Å². The molecule has 1 aliphatic rings. The number of carbonyl (C=O) groups excluding carboxylic acids is 1. The Hall–Kier alpha value is -2.10. The third kappa shape index (κ3) is 3.07. The number of aryl methyl sites for hydroxylation is 1. The molecule has 2 aromatic rings. The Morgan fingerprint density at radius 3 is 2.95 bits per heavy atom. The van der Waals surface area contributed by atoms with Crippen LogP contribution in [-0.2, 0) is 11.2 Å². The van der Waals surface area contributed by atoms with Gasteiger partial charge in [0.1, 0.15) is 0 Å². The monoisotopic (exact) mass is 269 g/mol. The van der Waals surface area contributed by atoms with Gasteiger partial charge in [-0.15, -0.1) is 0 Å². The van der Waals surface area contributed by atoms with Crippen molar-refractivity contribution in [3.8, 4) is 0 Å². The first kappa shape index (κ1) is 12.9. The predicted molar refractivity (Wildman–Crippen MR) is 77.2 cm³/mol. The molecule has 1 heterocycles. The summed E-state index contributed by atoms with van der Waals surface area (Å²) >= 11 is 0. The summed E-state index contributed by atoms with van der Waals surface area (Å²) in [5.74, 6) is 0.608. The summed E-state index contributed by atoms with van der Waals surface area (Å²) in [6.45, 7) is 0.748. The molecule has 1 aliphatic carbocycles.